The fraction of sp³-hybridized carbons (Fsp3) is 0.211. The van der Waals surface area contributed by atoms with Crippen LogP contribution in [0.1, 0.15) is 16.7 Å². The van der Waals surface area contributed by atoms with E-state index in [1.54, 1.807) is 18.3 Å². The van der Waals surface area contributed by atoms with Gasteiger partial charge in [0, 0.05) is 12.2 Å². The molecule has 0 spiro atoms. The Morgan fingerprint density at radius 1 is 1.04 bits per heavy atom. The molecule has 3 rings (SSSR count). The number of hydrogen-bond acceptors (Lipinski definition) is 5. The van der Waals surface area contributed by atoms with Crippen molar-refractivity contribution in [1.29, 1.82) is 0 Å². The molecule has 0 atom stereocenters. The van der Waals surface area contributed by atoms with Crippen LogP contribution in [0.5, 0.6) is 0 Å². The molecule has 0 aliphatic rings. The molecule has 0 radical (unpaired) electrons. The third-order valence-corrected chi connectivity index (χ3v) is 4.06. The maximum atomic E-state index is 13.6. The molecule has 0 aliphatic carbocycles. The molecule has 25 heavy (non-hydrogen) atoms. The maximum Gasteiger partial charge on any atom is 0.244 e. The Morgan fingerprint density at radius 2 is 1.88 bits per heavy atom. The number of hydrogen-bond donors (Lipinski definition) is 2. The van der Waals surface area contributed by atoms with Gasteiger partial charge in [0.25, 0.3) is 0 Å². The summed E-state index contributed by atoms with van der Waals surface area (Å²) >= 11 is 0. The van der Waals surface area contributed by atoms with E-state index in [1.807, 2.05) is 18.2 Å². The first-order valence-electron chi connectivity index (χ1n) is 8.14. The Morgan fingerprint density at radius 3 is 2.72 bits per heavy atom. The van der Waals surface area contributed by atoms with Crippen molar-refractivity contribution in [3.63, 3.8) is 0 Å². The van der Waals surface area contributed by atoms with Gasteiger partial charge >= 0.3 is 0 Å². The zero-order chi connectivity index (χ0) is 17.6. The van der Waals surface area contributed by atoms with Gasteiger partial charge in [-0.1, -0.05) is 30.3 Å². The van der Waals surface area contributed by atoms with Crippen LogP contribution in [0.25, 0.3) is 0 Å². The lowest BCUT2D eigenvalue weighted by Gasteiger charge is -2.11. The monoisotopic (exact) mass is 337 g/mol. The van der Waals surface area contributed by atoms with E-state index in [0.29, 0.717) is 30.3 Å². The highest BCUT2D eigenvalue weighted by atomic mass is 19.1. The Labute approximate surface area is 146 Å². The summed E-state index contributed by atoms with van der Waals surface area (Å²) in [5.74, 6) is 0.817. The summed E-state index contributed by atoms with van der Waals surface area (Å²) in [5.41, 5.74) is 4.01. The fourth-order valence-corrected chi connectivity index (χ4v) is 2.47. The Hall–Kier alpha value is -3.02. The molecule has 3 aromatic rings. The van der Waals surface area contributed by atoms with Crippen LogP contribution in [0.3, 0.4) is 0 Å². The van der Waals surface area contributed by atoms with E-state index < -0.39 is 0 Å². The number of rotatable bonds is 6. The number of nitrogens with one attached hydrogen (secondary N) is 2. The highest BCUT2D eigenvalue weighted by Gasteiger charge is 2.05. The van der Waals surface area contributed by atoms with Crippen LogP contribution in [0, 0.1) is 19.7 Å². The molecular weight excluding hydrogens is 317 g/mol. The van der Waals surface area contributed by atoms with Crippen LogP contribution < -0.4 is 10.6 Å². The van der Waals surface area contributed by atoms with Crippen LogP contribution in [0.15, 0.2) is 48.7 Å². The summed E-state index contributed by atoms with van der Waals surface area (Å²) in [6, 6.07) is 12.8. The number of nitrogens with zero attached hydrogens (tertiary/aromatic N) is 3. The van der Waals surface area contributed by atoms with Gasteiger partial charge in [0.15, 0.2) is 5.82 Å². The van der Waals surface area contributed by atoms with Gasteiger partial charge in [-0.15, -0.1) is 5.10 Å². The lowest BCUT2D eigenvalue weighted by molar-refractivity contribution is 0.610. The minimum atomic E-state index is -0.200. The number of aryl methyl sites for hydroxylation is 1. The van der Waals surface area contributed by atoms with Gasteiger partial charge in [-0.2, -0.15) is 10.1 Å². The normalized spacial score (nSPS) is 10.5. The molecule has 2 aromatic carbocycles. The van der Waals surface area contributed by atoms with Crippen LogP contribution in [-0.2, 0) is 6.42 Å². The van der Waals surface area contributed by atoms with Crippen molar-refractivity contribution in [1.82, 2.24) is 15.2 Å². The molecule has 0 bridgehead atoms. The average Bonchev–Trinajstić information content (AvgIpc) is 2.61. The van der Waals surface area contributed by atoms with Gasteiger partial charge < -0.3 is 10.6 Å². The summed E-state index contributed by atoms with van der Waals surface area (Å²) in [4.78, 5) is 4.40. The minimum absolute atomic E-state index is 0.200. The van der Waals surface area contributed by atoms with Gasteiger partial charge in [0.05, 0.1) is 6.20 Å². The van der Waals surface area contributed by atoms with Gasteiger partial charge in [0.2, 0.25) is 5.95 Å². The second-order valence-corrected chi connectivity index (χ2v) is 5.81. The molecule has 1 heterocycles. The molecule has 6 heteroatoms. The smallest absolute Gasteiger partial charge is 0.244 e. The molecule has 2 N–H and O–H groups in total. The van der Waals surface area contributed by atoms with E-state index in [0.717, 1.165) is 11.3 Å². The van der Waals surface area contributed by atoms with E-state index in [1.165, 1.54) is 11.6 Å². The van der Waals surface area contributed by atoms with Gasteiger partial charge in [-0.25, -0.2) is 4.39 Å². The second kappa shape index (κ2) is 7.70. The van der Waals surface area contributed by atoms with Crippen LogP contribution in [0.2, 0.25) is 0 Å². The quantitative estimate of drug-likeness (QED) is 0.711. The molecule has 0 aliphatic heterocycles. The number of anilines is 3. The van der Waals surface area contributed by atoms with Gasteiger partial charge in [-0.05, 0) is 49.1 Å². The molecule has 0 amide bonds. The lowest BCUT2D eigenvalue weighted by Crippen LogP contribution is -2.10. The van der Waals surface area contributed by atoms with Crippen molar-refractivity contribution in [2.75, 3.05) is 17.2 Å². The minimum Gasteiger partial charge on any atom is -0.353 e. The topological polar surface area (TPSA) is 62.7 Å². The Balaban J connectivity index is 1.63. The third-order valence-electron chi connectivity index (χ3n) is 4.06. The average molecular weight is 337 g/mol. The predicted molar refractivity (Wildman–Crippen MR) is 97.6 cm³/mol. The highest BCUT2D eigenvalue weighted by molar-refractivity contribution is 5.61. The van der Waals surface area contributed by atoms with Crippen molar-refractivity contribution in [2.45, 2.75) is 20.3 Å². The molecule has 0 saturated heterocycles. The molecule has 0 saturated carbocycles. The van der Waals surface area contributed by atoms with Gasteiger partial charge in [0.1, 0.15) is 5.82 Å². The van der Waals surface area contributed by atoms with Crippen molar-refractivity contribution in [2.24, 2.45) is 0 Å². The standard InChI is InChI=1S/C19H20FN5/c1-13-6-5-9-17(14(13)2)23-18-12-22-25-19(24-18)21-11-10-15-7-3-4-8-16(15)20/h3-9,12H,10-11H2,1-2H3,(H2,21,23,24,25). The number of benzene rings is 2. The first-order valence-corrected chi connectivity index (χ1v) is 8.14. The number of halogens is 1. The van der Waals surface area contributed by atoms with E-state index in [9.17, 15) is 4.39 Å². The van der Waals surface area contributed by atoms with Crippen molar-refractivity contribution < 1.29 is 4.39 Å². The van der Waals surface area contributed by atoms with Crippen molar-refractivity contribution in [3.05, 3.63) is 71.2 Å². The van der Waals surface area contributed by atoms with Crippen molar-refractivity contribution in [3.8, 4) is 0 Å². The Bertz CT molecular complexity index is 866. The molecule has 1 aromatic heterocycles. The molecule has 0 fully saturated rings. The maximum absolute atomic E-state index is 13.6. The second-order valence-electron chi connectivity index (χ2n) is 5.81. The molecular formula is C19H20FN5. The Kier molecular flexibility index (Phi) is 5.18. The van der Waals surface area contributed by atoms with Crippen molar-refractivity contribution >= 4 is 17.5 Å². The first kappa shape index (κ1) is 16.8. The fourth-order valence-electron chi connectivity index (χ4n) is 2.47. The molecule has 5 nitrogen and oxygen atoms in total. The van der Waals surface area contributed by atoms with E-state index >= 15 is 0 Å². The zero-order valence-electron chi connectivity index (χ0n) is 14.3. The lowest BCUT2D eigenvalue weighted by atomic mass is 10.1. The van der Waals surface area contributed by atoms with E-state index in [-0.39, 0.29) is 5.82 Å². The summed E-state index contributed by atoms with van der Waals surface area (Å²) < 4.78 is 13.6. The summed E-state index contributed by atoms with van der Waals surface area (Å²) in [6.45, 7) is 4.64. The largest absolute Gasteiger partial charge is 0.353 e. The number of aromatic nitrogens is 3. The summed E-state index contributed by atoms with van der Waals surface area (Å²) in [6.07, 6.45) is 2.12. The van der Waals surface area contributed by atoms with Crippen LogP contribution >= 0.6 is 0 Å². The molecule has 128 valence electrons. The summed E-state index contributed by atoms with van der Waals surface area (Å²) in [7, 11) is 0. The SMILES string of the molecule is Cc1cccc(Nc2cnnc(NCCc3ccccc3F)n2)c1C. The van der Waals surface area contributed by atoms with Crippen LogP contribution in [0.4, 0.5) is 21.8 Å². The predicted octanol–water partition coefficient (Wildman–Crippen LogP) is 4.03. The summed E-state index contributed by atoms with van der Waals surface area (Å²) in [5, 5.41) is 14.3. The zero-order valence-corrected chi connectivity index (χ0v) is 14.3. The van der Waals surface area contributed by atoms with E-state index in [4.69, 9.17) is 0 Å². The van der Waals surface area contributed by atoms with Gasteiger partial charge in [-0.3, -0.25) is 0 Å². The third kappa shape index (κ3) is 4.29. The molecule has 0 unspecified atom stereocenters. The van der Waals surface area contributed by atoms with Crippen LogP contribution in [-0.4, -0.2) is 21.7 Å². The van der Waals surface area contributed by atoms with E-state index in [2.05, 4.69) is 45.7 Å². The highest BCUT2D eigenvalue weighted by Crippen LogP contribution is 2.21. The first-order chi connectivity index (χ1) is 12.1.